The second-order valence-corrected chi connectivity index (χ2v) is 6.89. The molecule has 12 heteroatoms. The van der Waals surface area contributed by atoms with E-state index in [9.17, 15) is 22.4 Å². The summed E-state index contributed by atoms with van der Waals surface area (Å²) in [5, 5.41) is 2.72. The number of oxazole rings is 1. The molecule has 0 aliphatic heterocycles. The normalized spacial score (nSPS) is 15.7. The van der Waals surface area contributed by atoms with E-state index in [2.05, 4.69) is 25.0 Å². The zero-order valence-corrected chi connectivity index (χ0v) is 16.6. The summed E-state index contributed by atoms with van der Waals surface area (Å²) in [6.07, 6.45) is -1.16. The summed E-state index contributed by atoms with van der Waals surface area (Å²) in [5.41, 5.74) is 0.540. The van der Waals surface area contributed by atoms with Crippen LogP contribution in [0.5, 0.6) is 11.8 Å². The third-order valence-electron chi connectivity index (χ3n) is 4.74. The van der Waals surface area contributed by atoms with Crippen LogP contribution in [0.2, 0.25) is 0 Å². The minimum Gasteiger partial charge on any atom is -0.481 e. The van der Waals surface area contributed by atoms with Crippen LogP contribution >= 0.6 is 0 Å². The van der Waals surface area contributed by atoms with Gasteiger partial charge in [0.1, 0.15) is 5.76 Å². The summed E-state index contributed by atoms with van der Waals surface area (Å²) < 4.78 is 66.0. The molecule has 0 radical (unpaired) electrons. The van der Waals surface area contributed by atoms with E-state index < -0.39 is 30.0 Å². The summed E-state index contributed by atoms with van der Waals surface area (Å²) in [6, 6.07) is 2.89. The van der Waals surface area contributed by atoms with Gasteiger partial charge in [0.25, 0.3) is 5.91 Å². The molecule has 3 aromatic rings. The van der Waals surface area contributed by atoms with Crippen LogP contribution in [0, 0.1) is 5.82 Å². The molecule has 0 spiro atoms. The van der Waals surface area contributed by atoms with Gasteiger partial charge in [0.2, 0.25) is 17.7 Å². The molecule has 1 amide bonds. The monoisotopic (exact) mass is 452 g/mol. The first-order valence-corrected chi connectivity index (χ1v) is 9.45. The fourth-order valence-electron chi connectivity index (χ4n) is 3.33. The molecule has 0 bridgehead atoms. The van der Waals surface area contributed by atoms with Crippen molar-refractivity contribution < 1.29 is 36.2 Å². The van der Waals surface area contributed by atoms with Gasteiger partial charge < -0.3 is 19.2 Å². The van der Waals surface area contributed by atoms with E-state index in [-0.39, 0.29) is 22.9 Å². The Morgan fingerprint density at radius 2 is 2.06 bits per heavy atom. The number of carbonyl (C=O) groups excluding carboxylic acids is 1. The third kappa shape index (κ3) is 4.63. The first kappa shape index (κ1) is 21.5. The van der Waals surface area contributed by atoms with Gasteiger partial charge in [-0.2, -0.15) is 0 Å². The third-order valence-corrected chi connectivity index (χ3v) is 4.74. The minimum absolute atomic E-state index is 0.0131. The van der Waals surface area contributed by atoms with Gasteiger partial charge in [-0.1, -0.05) is 0 Å². The number of aryl methyl sites for hydroxylation is 1. The Labute approximate surface area is 178 Å². The van der Waals surface area contributed by atoms with Gasteiger partial charge >= 0.3 is 6.36 Å². The van der Waals surface area contributed by atoms with Gasteiger partial charge in [0, 0.05) is 23.9 Å². The Bertz CT molecular complexity index is 1150. The summed E-state index contributed by atoms with van der Waals surface area (Å²) in [4.78, 5) is 24.2. The fourth-order valence-corrected chi connectivity index (χ4v) is 3.33. The smallest absolute Gasteiger partial charge is 0.481 e. The Morgan fingerprint density at radius 3 is 2.81 bits per heavy atom. The molecule has 1 aliphatic carbocycles. The van der Waals surface area contributed by atoms with Gasteiger partial charge in [-0.05, 0) is 25.3 Å². The van der Waals surface area contributed by atoms with Crippen LogP contribution in [0.3, 0.4) is 0 Å². The number of halogens is 4. The average molecular weight is 452 g/mol. The predicted octanol–water partition coefficient (Wildman–Crippen LogP) is 3.99. The van der Waals surface area contributed by atoms with Crippen molar-refractivity contribution in [1.82, 2.24) is 20.3 Å². The number of aromatic nitrogens is 3. The van der Waals surface area contributed by atoms with Crippen molar-refractivity contribution in [3.63, 3.8) is 0 Å². The van der Waals surface area contributed by atoms with Gasteiger partial charge in [0.15, 0.2) is 5.82 Å². The largest absolute Gasteiger partial charge is 0.574 e. The number of hydrogen-bond donors (Lipinski definition) is 1. The highest BCUT2D eigenvalue weighted by atomic mass is 19.4. The maximum atomic E-state index is 14.3. The lowest BCUT2D eigenvalue weighted by Gasteiger charge is -2.21. The van der Waals surface area contributed by atoms with Gasteiger partial charge in [0.05, 0.1) is 30.6 Å². The van der Waals surface area contributed by atoms with Crippen molar-refractivity contribution >= 4 is 5.91 Å². The molecular formula is C20H16F4N4O4. The van der Waals surface area contributed by atoms with Crippen LogP contribution in [0.1, 0.15) is 40.7 Å². The second-order valence-electron chi connectivity index (χ2n) is 6.89. The standard InChI is InChI=1S/C20H16F4N4O4/c1-30-15-8-11(12(21)9-26-15)19-28-14-4-2-3-13(17(14)31-19)27-18(29)10-5-6-25-16(7-10)32-20(22,23)24/h5-9,13H,2-4H2,1H3,(H,27,29)/t13-/m1/s1. The lowest BCUT2D eigenvalue weighted by atomic mass is 9.97. The number of amides is 1. The number of hydrogen-bond acceptors (Lipinski definition) is 7. The topological polar surface area (TPSA) is 99.4 Å². The van der Waals surface area contributed by atoms with Gasteiger partial charge in [-0.15, -0.1) is 13.2 Å². The first-order chi connectivity index (χ1) is 15.2. The Morgan fingerprint density at radius 1 is 1.25 bits per heavy atom. The molecule has 32 heavy (non-hydrogen) atoms. The summed E-state index contributed by atoms with van der Waals surface area (Å²) in [5.74, 6) is -1.50. The summed E-state index contributed by atoms with van der Waals surface area (Å²) >= 11 is 0. The van der Waals surface area contributed by atoms with Crippen molar-refractivity contribution in [1.29, 1.82) is 0 Å². The molecule has 0 unspecified atom stereocenters. The van der Waals surface area contributed by atoms with E-state index in [1.165, 1.54) is 19.2 Å². The SMILES string of the molecule is COc1cc(-c2nc3c(o2)[C@H](NC(=O)c2ccnc(OC(F)(F)F)c2)CCC3)c(F)cn1. The zero-order chi connectivity index (χ0) is 22.9. The lowest BCUT2D eigenvalue weighted by Crippen LogP contribution is -2.30. The van der Waals surface area contributed by atoms with Crippen molar-refractivity contribution in [2.24, 2.45) is 0 Å². The highest BCUT2D eigenvalue weighted by Crippen LogP contribution is 2.35. The maximum absolute atomic E-state index is 14.3. The number of nitrogens with one attached hydrogen (secondary N) is 1. The molecule has 1 aliphatic rings. The number of rotatable bonds is 5. The van der Waals surface area contributed by atoms with E-state index in [1.54, 1.807) is 0 Å². The van der Waals surface area contributed by atoms with E-state index in [4.69, 9.17) is 9.15 Å². The lowest BCUT2D eigenvalue weighted by molar-refractivity contribution is -0.276. The summed E-state index contributed by atoms with van der Waals surface area (Å²) in [6.45, 7) is 0. The summed E-state index contributed by atoms with van der Waals surface area (Å²) in [7, 11) is 1.39. The van der Waals surface area contributed by atoms with Crippen LogP contribution in [0.25, 0.3) is 11.5 Å². The van der Waals surface area contributed by atoms with Gasteiger partial charge in [-0.25, -0.2) is 19.3 Å². The molecule has 8 nitrogen and oxygen atoms in total. The van der Waals surface area contributed by atoms with Crippen LogP contribution in [-0.2, 0) is 6.42 Å². The number of fused-ring (bicyclic) bond motifs is 1. The number of methoxy groups -OCH3 is 1. The maximum Gasteiger partial charge on any atom is 0.574 e. The number of carbonyl (C=O) groups is 1. The van der Waals surface area contributed by atoms with Gasteiger partial charge in [-0.3, -0.25) is 4.79 Å². The molecule has 0 fully saturated rings. The van der Waals surface area contributed by atoms with Crippen molar-refractivity contribution in [2.75, 3.05) is 7.11 Å². The highest BCUT2D eigenvalue weighted by Gasteiger charge is 2.33. The molecule has 0 saturated heterocycles. The van der Waals surface area contributed by atoms with Crippen LogP contribution in [0.4, 0.5) is 17.6 Å². The quantitative estimate of drug-likeness (QED) is 0.585. The van der Waals surface area contributed by atoms with Crippen molar-refractivity contribution in [3.05, 3.63) is 53.4 Å². The van der Waals surface area contributed by atoms with Crippen LogP contribution in [-0.4, -0.2) is 34.3 Å². The Hall–Kier alpha value is -3.70. The second kappa shape index (κ2) is 8.44. The molecule has 0 saturated carbocycles. The molecular weight excluding hydrogens is 436 g/mol. The predicted molar refractivity (Wildman–Crippen MR) is 100 cm³/mol. The van der Waals surface area contributed by atoms with Crippen molar-refractivity contribution in [3.8, 4) is 23.2 Å². The van der Waals surface area contributed by atoms with E-state index in [0.717, 1.165) is 18.5 Å². The number of nitrogens with zero attached hydrogens (tertiary/aromatic N) is 3. The van der Waals surface area contributed by atoms with Crippen molar-refractivity contribution in [2.45, 2.75) is 31.7 Å². The molecule has 1 atom stereocenters. The zero-order valence-electron chi connectivity index (χ0n) is 16.6. The van der Waals surface area contributed by atoms with Crippen LogP contribution < -0.4 is 14.8 Å². The van der Waals surface area contributed by atoms with E-state index in [1.807, 2.05) is 0 Å². The van der Waals surface area contributed by atoms with E-state index >= 15 is 0 Å². The molecule has 3 aromatic heterocycles. The molecule has 1 N–H and O–H groups in total. The number of alkyl halides is 3. The van der Waals surface area contributed by atoms with E-state index in [0.29, 0.717) is 30.7 Å². The molecule has 168 valence electrons. The minimum atomic E-state index is -4.93. The fraction of sp³-hybridized carbons (Fsp3) is 0.300. The highest BCUT2D eigenvalue weighted by molar-refractivity contribution is 5.94. The number of ether oxygens (including phenoxy) is 2. The van der Waals surface area contributed by atoms with Crippen LogP contribution in [0.15, 0.2) is 35.0 Å². The molecule has 0 aromatic carbocycles. The average Bonchev–Trinajstić information content (AvgIpc) is 3.18. The first-order valence-electron chi connectivity index (χ1n) is 9.45. The molecule has 4 rings (SSSR count). The Kier molecular flexibility index (Phi) is 5.68. The molecule has 3 heterocycles. The Balaban J connectivity index is 1.57. The number of pyridine rings is 2.